The van der Waals surface area contributed by atoms with E-state index in [1.54, 1.807) is 6.07 Å². The van der Waals surface area contributed by atoms with E-state index in [2.05, 4.69) is 34.3 Å². The zero-order chi connectivity index (χ0) is 19.7. The summed E-state index contributed by atoms with van der Waals surface area (Å²) in [6, 6.07) is 17.8. The van der Waals surface area contributed by atoms with Crippen LogP contribution >= 0.6 is 0 Å². The van der Waals surface area contributed by atoms with Gasteiger partial charge in [0, 0.05) is 29.7 Å². The van der Waals surface area contributed by atoms with Gasteiger partial charge >= 0.3 is 0 Å². The van der Waals surface area contributed by atoms with Crippen LogP contribution in [0.3, 0.4) is 0 Å². The fourth-order valence-electron chi connectivity index (χ4n) is 4.24. The molecule has 0 unspecified atom stereocenters. The molecule has 4 rings (SSSR count). The second kappa shape index (κ2) is 7.85. The molecule has 28 heavy (non-hydrogen) atoms. The predicted octanol–water partition coefficient (Wildman–Crippen LogP) is 3.44. The van der Waals surface area contributed by atoms with E-state index in [-0.39, 0.29) is 0 Å². The molecule has 0 aliphatic heterocycles. The minimum atomic E-state index is -3.27. The third-order valence-corrected chi connectivity index (χ3v) is 6.46. The number of nitrogens with two attached hydrogens (primary N) is 1. The maximum absolute atomic E-state index is 11.4. The molecule has 0 radical (unpaired) electrons. The number of sulfonamides is 1. The quantitative estimate of drug-likeness (QED) is 0.695. The first-order valence-corrected chi connectivity index (χ1v) is 12.0. The van der Waals surface area contributed by atoms with Crippen molar-refractivity contribution in [2.24, 2.45) is 5.73 Å². The van der Waals surface area contributed by atoms with Gasteiger partial charge in [-0.2, -0.15) is 0 Å². The summed E-state index contributed by atoms with van der Waals surface area (Å²) in [4.78, 5) is 0. The van der Waals surface area contributed by atoms with Crippen molar-refractivity contribution in [3.8, 4) is 11.1 Å². The molecule has 0 spiro atoms. The van der Waals surface area contributed by atoms with Crippen molar-refractivity contribution in [1.82, 2.24) is 5.32 Å². The Morgan fingerprint density at radius 1 is 0.964 bits per heavy atom. The molecule has 0 bridgehead atoms. The standard InChI is InChI=1S/C22H29N3O2S/c1-28(26,27)25-20-4-2-3-17(13-20)15-5-7-16(8-6-15)21-14-22(21)24-19-11-9-18(23)10-12-19/h2-8,13,18-19,21-22,24-25H,9-12,14,23H2,1H3/t18?,19?,21-,22+/m1/s1. The summed E-state index contributed by atoms with van der Waals surface area (Å²) in [7, 11) is -3.27. The van der Waals surface area contributed by atoms with Gasteiger partial charge in [-0.3, -0.25) is 4.72 Å². The Kier molecular flexibility index (Phi) is 5.45. The SMILES string of the molecule is CS(=O)(=O)Nc1cccc(-c2ccc([C@H]3C[C@@H]3NC3CCC(N)CC3)cc2)c1. The topological polar surface area (TPSA) is 84.2 Å². The predicted molar refractivity (Wildman–Crippen MR) is 115 cm³/mol. The van der Waals surface area contributed by atoms with Crippen molar-refractivity contribution in [2.75, 3.05) is 11.0 Å². The Morgan fingerprint density at radius 3 is 2.36 bits per heavy atom. The molecule has 2 saturated carbocycles. The molecule has 0 amide bonds. The van der Waals surface area contributed by atoms with Crippen LogP contribution in [0.25, 0.3) is 11.1 Å². The van der Waals surface area contributed by atoms with Crippen molar-refractivity contribution in [3.05, 3.63) is 54.1 Å². The van der Waals surface area contributed by atoms with Gasteiger partial charge in [0.2, 0.25) is 10.0 Å². The molecule has 2 aromatic rings. The van der Waals surface area contributed by atoms with Gasteiger partial charge in [0.05, 0.1) is 6.26 Å². The number of nitrogens with one attached hydrogen (secondary N) is 2. The van der Waals surface area contributed by atoms with E-state index in [4.69, 9.17) is 5.73 Å². The van der Waals surface area contributed by atoms with Crippen molar-refractivity contribution in [3.63, 3.8) is 0 Å². The summed E-state index contributed by atoms with van der Waals surface area (Å²) in [5, 5.41) is 3.82. The van der Waals surface area contributed by atoms with Gasteiger partial charge in [0.1, 0.15) is 0 Å². The zero-order valence-corrected chi connectivity index (χ0v) is 17.1. The van der Waals surface area contributed by atoms with E-state index >= 15 is 0 Å². The van der Waals surface area contributed by atoms with E-state index < -0.39 is 10.0 Å². The normalized spacial score (nSPS) is 27.4. The van der Waals surface area contributed by atoms with Gasteiger partial charge in [-0.05, 0) is 60.9 Å². The number of anilines is 1. The van der Waals surface area contributed by atoms with Crippen LogP contribution in [0.1, 0.15) is 43.6 Å². The second-order valence-corrected chi connectivity index (χ2v) is 10.1. The largest absolute Gasteiger partial charge is 0.328 e. The fourth-order valence-corrected chi connectivity index (χ4v) is 4.79. The Labute approximate surface area is 167 Å². The Bertz CT molecular complexity index is 919. The maximum Gasteiger partial charge on any atom is 0.229 e. The molecule has 6 heteroatoms. The lowest BCUT2D eigenvalue weighted by Crippen LogP contribution is -2.38. The third-order valence-electron chi connectivity index (χ3n) is 5.85. The van der Waals surface area contributed by atoms with Crippen LogP contribution in [0.5, 0.6) is 0 Å². The van der Waals surface area contributed by atoms with Crippen LogP contribution in [-0.2, 0) is 10.0 Å². The molecule has 150 valence electrons. The first-order chi connectivity index (χ1) is 13.4. The summed E-state index contributed by atoms with van der Waals surface area (Å²) >= 11 is 0. The lowest BCUT2D eigenvalue weighted by molar-refractivity contribution is 0.339. The molecule has 0 saturated heterocycles. The summed E-state index contributed by atoms with van der Waals surface area (Å²) in [5.74, 6) is 0.600. The maximum atomic E-state index is 11.4. The van der Waals surface area contributed by atoms with Gasteiger partial charge in [-0.15, -0.1) is 0 Å². The third kappa shape index (κ3) is 4.93. The fraction of sp³-hybridized carbons (Fsp3) is 0.455. The molecule has 2 atom stereocenters. The van der Waals surface area contributed by atoms with Crippen molar-refractivity contribution in [1.29, 1.82) is 0 Å². The van der Waals surface area contributed by atoms with Crippen molar-refractivity contribution in [2.45, 2.75) is 56.1 Å². The molecule has 2 fully saturated rings. The molecule has 2 aliphatic carbocycles. The lowest BCUT2D eigenvalue weighted by atomic mass is 9.92. The summed E-state index contributed by atoms with van der Waals surface area (Å²) in [6.07, 6.45) is 7.03. The molecular formula is C22H29N3O2S. The highest BCUT2D eigenvalue weighted by molar-refractivity contribution is 7.92. The first-order valence-electron chi connectivity index (χ1n) is 10.1. The highest BCUT2D eigenvalue weighted by Crippen LogP contribution is 2.42. The summed E-state index contributed by atoms with van der Waals surface area (Å²) in [5.41, 5.74) is 10.1. The van der Waals surface area contributed by atoms with Gasteiger partial charge in [-0.25, -0.2) is 8.42 Å². The summed E-state index contributed by atoms with van der Waals surface area (Å²) in [6.45, 7) is 0. The summed E-state index contributed by atoms with van der Waals surface area (Å²) < 4.78 is 25.4. The Hall–Kier alpha value is -1.89. The second-order valence-electron chi connectivity index (χ2n) is 8.30. The molecular weight excluding hydrogens is 370 g/mol. The van der Waals surface area contributed by atoms with E-state index in [1.165, 1.54) is 24.8 Å². The van der Waals surface area contributed by atoms with Crippen molar-refractivity contribution < 1.29 is 8.42 Å². The Morgan fingerprint density at radius 2 is 1.68 bits per heavy atom. The molecule has 5 nitrogen and oxygen atoms in total. The lowest BCUT2D eigenvalue weighted by Gasteiger charge is -2.27. The molecule has 2 aliphatic rings. The van der Waals surface area contributed by atoms with Crippen LogP contribution in [0.15, 0.2) is 48.5 Å². The highest BCUT2D eigenvalue weighted by Gasteiger charge is 2.39. The van der Waals surface area contributed by atoms with Gasteiger partial charge < -0.3 is 11.1 Å². The smallest absolute Gasteiger partial charge is 0.229 e. The van der Waals surface area contributed by atoms with Crippen molar-refractivity contribution >= 4 is 15.7 Å². The molecule has 4 N–H and O–H groups in total. The monoisotopic (exact) mass is 399 g/mol. The van der Waals surface area contributed by atoms with Crippen LogP contribution < -0.4 is 15.8 Å². The van der Waals surface area contributed by atoms with Gasteiger partial charge in [-0.1, -0.05) is 36.4 Å². The van der Waals surface area contributed by atoms with Crippen LogP contribution in [0.4, 0.5) is 5.69 Å². The number of hydrogen-bond donors (Lipinski definition) is 3. The highest BCUT2D eigenvalue weighted by atomic mass is 32.2. The average Bonchev–Trinajstić information content (AvgIpc) is 3.42. The van der Waals surface area contributed by atoms with E-state index in [0.717, 1.165) is 30.2 Å². The number of rotatable bonds is 6. The Balaban J connectivity index is 1.38. The van der Waals surface area contributed by atoms with Crippen LogP contribution in [-0.4, -0.2) is 32.8 Å². The van der Waals surface area contributed by atoms with Crippen LogP contribution in [0, 0.1) is 0 Å². The van der Waals surface area contributed by atoms with E-state index in [1.807, 2.05) is 18.2 Å². The molecule has 0 heterocycles. The number of benzene rings is 2. The minimum Gasteiger partial charge on any atom is -0.328 e. The zero-order valence-electron chi connectivity index (χ0n) is 16.3. The number of hydrogen-bond acceptors (Lipinski definition) is 4. The van der Waals surface area contributed by atoms with Crippen LogP contribution in [0.2, 0.25) is 0 Å². The van der Waals surface area contributed by atoms with E-state index in [0.29, 0.717) is 29.7 Å². The molecule has 0 aromatic heterocycles. The molecule has 2 aromatic carbocycles. The van der Waals surface area contributed by atoms with Gasteiger partial charge in [0.25, 0.3) is 0 Å². The van der Waals surface area contributed by atoms with Gasteiger partial charge in [0.15, 0.2) is 0 Å². The van der Waals surface area contributed by atoms with E-state index in [9.17, 15) is 8.42 Å². The first kappa shape index (κ1) is 19.4. The average molecular weight is 400 g/mol. The minimum absolute atomic E-state index is 0.395.